The topological polar surface area (TPSA) is 9.23 Å². The average molecular weight is 195 g/mol. The Morgan fingerprint density at radius 1 is 0.857 bits per heavy atom. The third kappa shape index (κ3) is 2.50. The van der Waals surface area contributed by atoms with Gasteiger partial charge in [0.2, 0.25) is 0 Å². The molecule has 0 aliphatic heterocycles. The van der Waals surface area contributed by atoms with E-state index in [9.17, 15) is 0 Å². The predicted molar refractivity (Wildman–Crippen MR) is 59.0 cm³/mol. The second kappa shape index (κ2) is 5.16. The van der Waals surface area contributed by atoms with E-state index in [0.717, 1.165) is 11.8 Å². The lowest BCUT2D eigenvalue weighted by Crippen LogP contribution is -2.26. The number of ether oxygens (including phenoxy) is 1. The highest BCUT2D eigenvalue weighted by molar-refractivity contribution is 4.84. The van der Waals surface area contributed by atoms with Crippen LogP contribution in [0.15, 0.2) is 0 Å². The number of methoxy groups -OCH3 is 1. The van der Waals surface area contributed by atoms with Gasteiger partial charge in [-0.25, -0.2) is 0 Å². The molecule has 0 aromatic rings. The molecule has 0 saturated heterocycles. The largest absolute Gasteiger partial charge is 0.381 e. The van der Waals surface area contributed by atoms with Crippen LogP contribution in [0.4, 0.5) is 0 Å². The Kier molecular flexibility index (Phi) is 3.86. The van der Waals surface area contributed by atoms with Crippen molar-refractivity contribution in [1.29, 1.82) is 0 Å². The van der Waals surface area contributed by atoms with Crippen molar-refractivity contribution in [3.63, 3.8) is 0 Å². The van der Waals surface area contributed by atoms with E-state index in [1.54, 1.807) is 0 Å². The van der Waals surface area contributed by atoms with Crippen LogP contribution in [-0.4, -0.2) is 13.2 Å². The zero-order valence-corrected chi connectivity index (χ0v) is 9.37. The summed E-state index contributed by atoms with van der Waals surface area (Å²) >= 11 is 0. The molecule has 14 heavy (non-hydrogen) atoms. The van der Waals surface area contributed by atoms with Gasteiger partial charge in [-0.05, 0) is 69.6 Å². The minimum Gasteiger partial charge on any atom is -0.381 e. The zero-order valence-electron chi connectivity index (χ0n) is 9.37. The van der Waals surface area contributed by atoms with Crippen molar-refractivity contribution in [2.24, 2.45) is 11.8 Å². The van der Waals surface area contributed by atoms with Gasteiger partial charge >= 0.3 is 0 Å². The fourth-order valence-corrected chi connectivity index (χ4v) is 3.22. The van der Waals surface area contributed by atoms with E-state index in [1.165, 1.54) is 51.4 Å². The van der Waals surface area contributed by atoms with Crippen LogP contribution in [0.1, 0.15) is 51.4 Å². The molecule has 2 rings (SSSR count). The molecular weight excluding hydrogens is 172 g/mol. The lowest BCUT2D eigenvalue weighted by molar-refractivity contribution is 0.0431. The summed E-state index contributed by atoms with van der Waals surface area (Å²) in [6.07, 6.45) is 14.2. The second-order valence-electron chi connectivity index (χ2n) is 4.98. The van der Waals surface area contributed by atoms with Crippen molar-refractivity contribution in [3.05, 3.63) is 6.42 Å². The molecule has 0 atom stereocenters. The van der Waals surface area contributed by atoms with Crippen LogP contribution < -0.4 is 0 Å². The van der Waals surface area contributed by atoms with E-state index in [4.69, 9.17) is 4.74 Å². The molecule has 0 bridgehead atoms. The van der Waals surface area contributed by atoms with E-state index in [1.807, 2.05) is 7.11 Å². The zero-order chi connectivity index (χ0) is 9.80. The van der Waals surface area contributed by atoms with Gasteiger partial charge in [0.25, 0.3) is 0 Å². The summed E-state index contributed by atoms with van der Waals surface area (Å²) < 4.78 is 5.42. The molecule has 81 valence electrons. The van der Waals surface area contributed by atoms with Crippen LogP contribution in [0.3, 0.4) is 0 Å². The van der Waals surface area contributed by atoms with Gasteiger partial charge < -0.3 is 4.74 Å². The lowest BCUT2D eigenvalue weighted by Gasteiger charge is -2.35. The molecule has 1 heteroatoms. The van der Waals surface area contributed by atoms with Crippen LogP contribution >= 0.6 is 0 Å². The Bertz CT molecular complexity index is 153. The Hall–Kier alpha value is -0.0400. The van der Waals surface area contributed by atoms with E-state index < -0.39 is 0 Å². The molecule has 0 aromatic carbocycles. The Balaban J connectivity index is 1.76. The molecule has 2 fully saturated rings. The summed E-state index contributed by atoms with van der Waals surface area (Å²) in [6, 6.07) is 0. The van der Waals surface area contributed by atoms with Crippen molar-refractivity contribution in [2.75, 3.05) is 7.11 Å². The molecule has 1 nitrogen and oxygen atoms in total. The lowest BCUT2D eigenvalue weighted by atomic mass is 9.73. The van der Waals surface area contributed by atoms with E-state index >= 15 is 0 Å². The minimum atomic E-state index is 0.571. The first-order chi connectivity index (χ1) is 6.90. The maximum Gasteiger partial charge on any atom is 0.0571 e. The fraction of sp³-hybridized carbons (Fsp3) is 0.923. The minimum absolute atomic E-state index is 0.571. The van der Waals surface area contributed by atoms with Crippen LogP contribution in [-0.2, 0) is 4.74 Å². The molecule has 2 saturated carbocycles. The highest BCUT2D eigenvalue weighted by Crippen LogP contribution is 2.38. The molecule has 2 aliphatic carbocycles. The number of hydrogen-bond donors (Lipinski definition) is 0. The highest BCUT2D eigenvalue weighted by atomic mass is 16.5. The highest BCUT2D eigenvalue weighted by Gasteiger charge is 2.28. The van der Waals surface area contributed by atoms with Gasteiger partial charge in [0.15, 0.2) is 0 Å². The van der Waals surface area contributed by atoms with Crippen molar-refractivity contribution in [2.45, 2.75) is 57.5 Å². The molecule has 0 heterocycles. The fourth-order valence-electron chi connectivity index (χ4n) is 3.22. The standard InChI is InChI=1S/C13H23O/c1-14-13-9-7-12(8-10-13)11-5-3-2-4-6-11/h2,11-13H,3-10H2,1H3. The summed E-state index contributed by atoms with van der Waals surface area (Å²) in [5.74, 6) is 2.06. The van der Waals surface area contributed by atoms with Crippen molar-refractivity contribution < 1.29 is 4.74 Å². The molecule has 0 N–H and O–H groups in total. The van der Waals surface area contributed by atoms with Gasteiger partial charge in [0.05, 0.1) is 6.10 Å². The predicted octanol–water partition coefficient (Wildman–Crippen LogP) is 3.59. The first kappa shape index (κ1) is 10.5. The van der Waals surface area contributed by atoms with Gasteiger partial charge in [-0.1, -0.05) is 0 Å². The van der Waals surface area contributed by atoms with Crippen LogP contribution in [0, 0.1) is 18.3 Å². The second-order valence-corrected chi connectivity index (χ2v) is 4.98. The molecule has 0 spiro atoms. The molecule has 0 aromatic heterocycles. The average Bonchev–Trinajstić information content (AvgIpc) is 2.30. The van der Waals surface area contributed by atoms with Gasteiger partial charge in [0.1, 0.15) is 0 Å². The number of rotatable bonds is 2. The Morgan fingerprint density at radius 3 is 2.00 bits per heavy atom. The van der Waals surface area contributed by atoms with Crippen molar-refractivity contribution in [1.82, 2.24) is 0 Å². The number of hydrogen-bond acceptors (Lipinski definition) is 1. The van der Waals surface area contributed by atoms with Gasteiger partial charge in [-0.3, -0.25) is 0 Å². The summed E-state index contributed by atoms with van der Waals surface area (Å²) in [5.41, 5.74) is 0. The van der Waals surface area contributed by atoms with Gasteiger partial charge in [0, 0.05) is 7.11 Å². The van der Waals surface area contributed by atoms with Gasteiger partial charge in [-0.2, -0.15) is 0 Å². The Morgan fingerprint density at radius 2 is 1.43 bits per heavy atom. The monoisotopic (exact) mass is 195 g/mol. The smallest absolute Gasteiger partial charge is 0.0571 e. The maximum absolute atomic E-state index is 5.42. The molecule has 2 aliphatic rings. The van der Waals surface area contributed by atoms with Crippen molar-refractivity contribution >= 4 is 0 Å². The first-order valence-corrected chi connectivity index (χ1v) is 6.24. The quantitative estimate of drug-likeness (QED) is 0.654. The third-order valence-corrected chi connectivity index (χ3v) is 4.20. The van der Waals surface area contributed by atoms with E-state index in [2.05, 4.69) is 6.42 Å². The summed E-state index contributed by atoms with van der Waals surface area (Å²) in [7, 11) is 1.86. The SMILES string of the molecule is COC1CCC(C2CC[CH]CC2)CC1. The third-order valence-electron chi connectivity index (χ3n) is 4.20. The first-order valence-electron chi connectivity index (χ1n) is 6.24. The molecular formula is C13H23O. The normalized spacial score (nSPS) is 35.8. The van der Waals surface area contributed by atoms with Crippen LogP contribution in [0.25, 0.3) is 0 Å². The molecule has 0 unspecified atom stereocenters. The summed E-state index contributed by atoms with van der Waals surface area (Å²) in [6.45, 7) is 0. The molecule has 1 radical (unpaired) electrons. The maximum atomic E-state index is 5.42. The van der Waals surface area contributed by atoms with E-state index in [-0.39, 0.29) is 0 Å². The summed E-state index contributed by atoms with van der Waals surface area (Å²) in [5, 5.41) is 0. The summed E-state index contributed by atoms with van der Waals surface area (Å²) in [4.78, 5) is 0. The molecule has 0 amide bonds. The van der Waals surface area contributed by atoms with Crippen molar-refractivity contribution in [3.8, 4) is 0 Å². The van der Waals surface area contributed by atoms with Crippen LogP contribution in [0.2, 0.25) is 0 Å². The van der Waals surface area contributed by atoms with Gasteiger partial charge in [-0.15, -0.1) is 0 Å². The van der Waals surface area contributed by atoms with Crippen LogP contribution in [0.5, 0.6) is 0 Å². The Labute approximate surface area is 88.2 Å². The van der Waals surface area contributed by atoms with E-state index in [0.29, 0.717) is 6.10 Å².